The summed E-state index contributed by atoms with van der Waals surface area (Å²) in [5.74, 6) is -0.155. The Morgan fingerprint density at radius 1 is 1.06 bits per heavy atom. The summed E-state index contributed by atoms with van der Waals surface area (Å²) in [6.07, 6.45) is 0.817. The minimum absolute atomic E-state index is 0.0248. The van der Waals surface area contributed by atoms with Gasteiger partial charge in [-0.3, -0.25) is 9.59 Å². The summed E-state index contributed by atoms with van der Waals surface area (Å²) in [5, 5.41) is 2.58. The maximum Gasteiger partial charge on any atom is 0.339 e. The molecule has 8 heteroatoms. The van der Waals surface area contributed by atoms with Crippen molar-refractivity contribution < 1.29 is 22.2 Å². The van der Waals surface area contributed by atoms with Crippen molar-refractivity contribution in [1.82, 2.24) is 4.90 Å². The normalized spacial score (nSPS) is 12.3. The van der Waals surface area contributed by atoms with Crippen LogP contribution in [0.2, 0.25) is 0 Å². The van der Waals surface area contributed by atoms with E-state index in [1.165, 1.54) is 31.2 Å². The molecule has 1 N–H and O–H groups in total. The number of hydrogen-bond donors (Lipinski definition) is 1. The Bertz CT molecular complexity index is 1020. The van der Waals surface area contributed by atoms with Crippen LogP contribution >= 0.6 is 0 Å². The Hall–Kier alpha value is -2.87. The lowest BCUT2D eigenvalue weighted by molar-refractivity contribution is -0.137. The molecule has 0 radical (unpaired) electrons. The molecule has 31 heavy (non-hydrogen) atoms. The van der Waals surface area contributed by atoms with E-state index in [0.29, 0.717) is 12.2 Å². The van der Waals surface area contributed by atoms with Crippen molar-refractivity contribution in [2.75, 3.05) is 5.32 Å². The third-order valence-corrected chi connectivity index (χ3v) is 6.08. The molecule has 1 atom stereocenters. The number of benzene rings is 2. The van der Waals surface area contributed by atoms with Crippen molar-refractivity contribution in [3.8, 4) is 5.75 Å². The second-order valence-electron chi connectivity index (χ2n) is 7.77. The molecule has 0 fully saturated rings. The van der Waals surface area contributed by atoms with Gasteiger partial charge in [-0.1, -0.05) is 32.9 Å². The maximum atomic E-state index is 12.6. The summed E-state index contributed by atoms with van der Waals surface area (Å²) in [6.45, 7) is 9.49. The first kappa shape index (κ1) is 24.4. The fourth-order valence-corrected chi connectivity index (χ4v) is 3.90. The molecule has 0 aliphatic carbocycles. The molecule has 0 aliphatic heterocycles. The summed E-state index contributed by atoms with van der Waals surface area (Å²) >= 11 is 0. The fraction of sp³-hybridized carbons (Fsp3) is 0.391. The highest BCUT2D eigenvalue weighted by Crippen LogP contribution is 2.23. The van der Waals surface area contributed by atoms with Gasteiger partial charge in [-0.05, 0) is 55.3 Å². The van der Waals surface area contributed by atoms with Crippen LogP contribution in [-0.4, -0.2) is 31.2 Å². The maximum absolute atomic E-state index is 12.6. The molecule has 168 valence electrons. The molecular weight excluding hydrogens is 416 g/mol. The van der Waals surface area contributed by atoms with Crippen molar-refractivity contribution >= 4 is 27.6 Å². The van der Waals surface area contributed by atoms with Crippen molar-refractivity contribution in [2.45, 2.75) is 58.5 Å². The van der Waals surface area contributed by atoms with E-state index in [-0.39, 0.29) is 34.4 Å². The molecule has 0 saturated carbocycles. The molecule has 0 heterocycles. The van der Waals surface area contributed by atoms with Crippen LogP contribution in [0.3, 0.4) is 0 Å². The Balaban J connectivity index is 2.20. The van der Waals surface area contributed by atoms with E-state index in [4.69, 9.17) is 4.18 Å². The second kappa shape index (κ2) is 10.4. The first-order chi connectivity index (χ1) is 14.5. The highest BCUT2D eigenvalue weighted by molar-refractivity contribution is 7.87. The van der Waals surface area contributed by atoms with Gasteiger partial charge in [-0.2, -0.15) is 8.42 Å². The molecule has 0 spiro atoms. The first-order valence-corrected chi connectivity index (χ1v) is 11.7. The zero-order valence-electron chi connectivity index (χ0n) is 18.6. The number of rotatable bonds is 9. The van der Waals surface area contributed by atoms with Gasteiger partial charge in [0.25, 0.3) is 0 Å². The van der Waals surface area contributed by atoms with Crippen LogP contribution in [0.25, 0.3) is 0 Å². The highest BCUT2D eigenvalue weighted by atomic mass is 32.2. The molecule has 7 nitrogen and oxygen atoms in total. The van der Waals surface area contributed by atoms with E-state index in [2.05, 4.69) is 5.32 Å². The summed E-state index contributed by atoms with van der Waals surface area (Å²) in [4.78, 5) is 25.5. The number of carbonyl (C=O) groups excluding carboxylic acids is 2. The molecule has 2 rings (SSSR count). The molecule has 2 aromatic rings. The van der Waals surface area contributed by atoms with Crippen LogP contribution in [-0.2, 0) is 26.3 Å². The minimum Gasteiger partial charge on any atom is -0.379 e. The molecule has 1 unspecified atom stereocenters. The number of hydrogen-bond acceptors (Lipinski definition) is 5. The highest BCUT2D eigenvalue weighted by Gasteiger charge is 2.22. The van der Waals surface area contributed by atoms with Gasteiger partial charge in [0.1, 0.15) is 10.6 Å². The van der Waals surface area contributed by atoms with E-state index in [0.717, 1.165) is 12.0 Å². The molecule has 2 amide bonds. The third-order valence-electron chi connectivity index (χ3n) is 4.82. The number of carbonyl (C=O) groups is 2. The second-order valence-corrected chi connectivity index (χ2v) is 9.31. The molecule has 2 aromatic carbocycles. The lowest BCUT2D eigenvalue weighted by Crippen LogP contribution is -2.40. The van der Waals surface area contributed by atoms with Crippen molar-refractivity contribution in [3.63, 3.8) is 0 Å². The third kappa shape index (κ3) is 6.82. The van der Waals surface area contributed by atoms with Gasteiger partial charge in [0.2, 0.25) is 11.8 Å². The predicted octanol–water partition coefficient (Wildman–Crippen LogP) is 4.20. The van der Waals surface area contributed by atoms with Crippen LogP contribution in [0.15, 0.2) is 53.4 Å². The molecular formula is C23H30N2O5S. The first-order valence-electron chi connectivity index (χ1n) is 10.2. The smallest absolute Gasteiger partial charge is 0.339 e. The van der Waals surface area contributed by atoms with E-state index < -0.39 is 10.1 Å². The van der Waals surface area contributed by atoms with Crippen LogP contribution in [0.5, 0.6) is 5.75 Å². The Morgan fingerprint density at radius 3 is 2.26 bits per heavy atom. The average Bonchev–Trinajstić information content (AvgIpc) is 2.70. The van der Waals surface area contributed by atoms with E-state index in [1.807, 2.05) is 33.8 Å². The lowest BCUT2D eigenvalue weighted by Gasteiger charge is -2.30. The SMILES string of the molecule is CCC(C)N(Cc1cccc(OS(=O)(=O)c2ccc(NC(C)=O)cc2)c1)C(=O)C(C)C. The van der Waals surface area contributed by atoms with E-state index in [1.54, 1.807) is 23.1 Å². The number of nitrogens with zero attached hydrogens (tertiary/aromatic N) is 1. The Morgan fingerprint density at radius 2 is 1.71 bits per heavy atom. The fourth-order valence-electron chi connectivity index (χ4n) is 2.98. The van der Waals surface area contributed by atoms with Gasteiger partial charge in [0, 0.05) is 31.1 Å². The minimum atomic E-state index is -4.05. The molecule has 0 aliphatic rings. The van der Waals surface area contributed by atoms with Gasteiger partial charge in [0.05, 0.1) is 0 Å². The van der Waals surface area contributed by atoms with Gasteiger partial charge in [0.15, 0.2) is 0 Å². The van der Waals surface area contributed by atoms with Crippen LogP contribution < -0.4 is 9.50 Å². The zero-order chi connectivity index (χ0) is 23.2. The zero-order valence-corrected chi connectivity index (χ0v) is 19.4. The van der Waals surface area contributed by atoms with Gasteiger partial charge in [-0.25, -0.2) is 0 Å². The summed E-state index contributed by atoms with van der Waals surface area (Å²) < 4.78 is 30.6. The van der Waals surface area contributed by atoms with E-state index >= 15 is 0 Å². The van der Waals surface area contributed by atoms with Crippen molar-refractivity contribution in [3.05, 3.63) is 54.1 Å². The standard InChI is InChI=1S/C23H30N2O5S/c1-6-17(4)25(23(27)16(2)3)15-19-8-7-9-21(14-19)30-31(28,29)22-12-10-20(11-13-22)24-18(5)26/h7-14,16-17H,6,15H2,1-5H3,(H,24,26). The van der Waals surface area contributed by atoms with Crippen molar-refractivity contribution in [2.24, 2.45) is 5.92 Å². The number of amides is 2. The average molecular weight is 447 g/mol. The molecule has 0 saturated heterocycles. The van der Waals surface area contributed by atoms with Gasteiger partial charge >= 0.3 is 10.1 Å². The molecule has 0 aromatic heterocycles. The van der Waals surface area contributed by atoms with Gasteiger partial charge in [-0.15, -0.1) is 0 Å². The summed E-state index contributed by atoms with van der Waals surface area (Å²) in [7, 11) is -4.05. The van der Waals surface area contributed by atoms with E-state index in [9.17, 15) is 18.0 Å². The number of anilines is 1. The van der Waals surface area contributed by atoms with Gasteiger partial charge < -0.3 is 14.4 Å². The van der Waals surface area contributed by atoms with Crippen LogP contribution in [0.1, 0.15) is 46.6 Å². The topological polar surface area (TPSA) is 92.8 Å². The Labute approximate surface area is 184 Å². The van der Waals surface area contributed by atoms with Crippen molar-refractivity contribution in [1.29, 1.82) is 0 Å². The predicted molar refractivity (Wildman–Crippen MR) is 120 cm³/mol. The molecule has 0 bridgehead atoms. The van der Waals surface area contributed by atoms with Crippen LogP contribution in [0, 0.1) is 5.92 Å². The monoisotopic (exact) mass is 446 g/mol. The van der Waals surface area contributed by atoms with Crippen LogP contribution in [0.4, 0.5) is 5.69 Å². The summed E-state index contributed by atoms with van der Waals surface area (Å²) in [5.41, 5.74) is 1.27. The number of nitrogens with one attached hydrogen (secondary N) is 1. The summed E-state index contributed by atoms with van der Waals surface area (Å²) in [6, 6.07) is 12.5. The largest absolute Gasteiger partial charge is 0.379 e. The Kier molecular flexibility index (Phi) is 8.21. The lowest BCUT2D eigenvalue weighted by atomic mass is 10.1. The quantitative estimate of drug-likeness (QED) is 0.583.